The zero-order valence-electron chi connectivity index (χ0n) is 12.3. The van der Waals surface area contributed by atoms with Crippen molar-refractivity contribution in [3.05, 3.63) is 40.2 Å². The molecule has 2 aromatic rings. The quantitative estimate of drug-likeness (QED) is 0.940. The smallest absolute Gasteiger partial charge is 0.171 e. The van der Waals surface area contributed by atoms with E-state index in [2.05, 4.69) is 5.10 Å². The van der Waals surface area contributed by atoms with Gasteiger partial charge >= 0.3 is 0 Å². The Hall–Kier alpha value is -1.52. The van der Waals surface area contributed by atoms with Gasteiger partial charge in [0.05, 0.1) is 5.69 Å². The van der Waals surface area contributed by atoms with Crippen LogP contribution < -0.4 is 10.5 Å². The number of aryl methyl sites for hydroxylation is 2. The van der Waals surface area contributed by atoms with Gasteiger partial charge in [0, 0.05) is 23.7 Å². The normalized spacial score (nSPS) is 12.5. The van der Waals surface area contributed by atoms with Crippen LogP contribution in [0.15, 0.2) is 18.2 Å². The zero-order valence-corrected chi connectivity index (χ0v) is 13.0. The minimum absolute atomic E-state index is 0.0216. The van der Waals surface area contributed by atoms with Crippen molar-refractivity contribution < 1.29 is 4.74 Å². The van der Waals surface area contributed by atoms with Gasteiger partial charge in [-0.1, -0.05) is 17.7 Å². The zero-order chi connectivity index (χ0) is 14.9. The third-order valence-electron chi connectivity index (χ3n) is 3.26. The Morgan fingerprint density at radius 2 is 2.10 bits per heavy atom. The summed E-state index contributed by atoms with van der Waals surface area (Å²) in [6.07, 6.45) is 0.674. The number of hydrogen-bond donors (Lipinski definition) is 1. The van der Waals surface area contributed by atoms with Crippen LogP contribution in [0.3, 0.4) is 0 Å². The first-order valence-electron chi connectivity index (χ1n) is 6.61. The lowest BCUT2D eigenvalue weighted by molar-refractivity contribution is 0.466. The van der Waals surface area contributed by atoms with Crippen LogP contribution in [0.4, 0.5) is 0 Å². The molecule has 0 aliphatic rings. The Labute approximate surface area is 124 Å². The average Bonchev–Trinajstić information content (AvgIpc) is 2.60. The summed E-state index contributed by atoms with van der Waals surface area (Å²) in [7, 11) is 1.90. The largest absolute Gasteiger partial charge is 0.453 e. The van der Waals surface area contributed by atoms with E-state index < -0.39 is 0 Å². The molecular formula is C15H20ClN3O. The number of rotatable bonds is 4. The fraction of sp³-hybridized carbons (Fsp3) is 0.400. The van der Waals surface area contributed by atoms with Gasteiger partial charge < -0.3 is 10.5 Å². The van der Waals surface area contributed by atoms with E-state index in [1.165, 1.54) is 0 Å². The number of nitrogens with two attached hydrogens (primary N) is 1. The summed E-state index contributed by atoms with van der Waals surface area (Å²) >= 11 is 6.27. The standard InChI is InChI=1S/C15H20ClN3O/c1-9(17)8-12-13(16)6-5-7-14(12)20-15-10(2)18-19(4)11(15)3/h5-7,9H,8,17H2,1-4H3. The highest BCUT2D eigenvalue weighted by molar-refractivity contribution is 6.31. The second kappa shape index (κ2) is 5.85. The predicted octanol–water partition coefficient (Wildman–Crippen LogP) is 3.37. The number of aromatic nitrogens is 2. The number of nitrogens with zero attached hydrogens (tertiary/aromatic N) is 2. The molecule has 0 radical (unpaired) electrons. The van der Waals surface area contributed by atoms with Crippen molar-refractivity contribution in [2.45, 2.75) is 33.2 Å². The van der Waals surface area contributed by atoms with E-state index in [4.69, 9.17) is 22.1 Å². The van der Waals surface area contributed by atoms with Crippen molar-refractivity contribution in [3.8, 4) is 11.5 Å². The van der Waals surface area contributed by atoms with Gasteiger partial charge in [-0.3, -0.25) is 4.68 Å². The third kappa shape index (κ3) is 2.97. The number of halogens is 1. The maximum Gasteiger partial charge on any atom is 0.171 e. The van der Waals surface area contributed by atoms with E-state index >= 15 is 0 Å². The molecular weight excluding hydrogens is 274 g/mol. The topological polar surface area (TPSA) is 53.1 Å². The molecule has 1 heterocycles. The molecule has 5 heteroatoms. The molecule has 1 aromatic carbocycles. The molecule has 4 nitrogen and oxygen atoms in total. The van der Waals surface area contributed by atoms with Crippen LogP contribution in [-0.2, 0) is 13.5 Å². The minimum atomic E-state index is 0.0216. The molecule has 0 amide bonds. The van der Waals surface area contributed by atoms with Gasteiger partial charge in [-0.25, -0.2) is 0 Å². The Balaban J connectivity index is 2.40. The van der Waals surface area contributed by atoms with Gasteiger partial charge in [0.1, 0.15) is 11.4 Å². The minimum Gasteiger partial charge on any atom is -0.453 e. The lowest BCUT2D eigenvalue weighted by atomic mass is 10.1. The molecule has 1 aromatic heterocycles. The first kappa shape index (κ1) is 14.9. The third-order valence-corrected chi connectivity index (χ3v) is 3.61. The lowest BCUT2D eigenvalue weighted by Crippen LogP contribution is -2.18. The molecule has 1 unspecified atom stereocenters. The molecule has 20 heavy (non-hydrogen) atoms. The second-order valence-electron chi connectivity index (χ2n) is 5.12. The summed E-state index contributed by atoms with van der Waals surface area (Å²) in [4.78, 5) is 0. The number of benzene rings is 1. The van der Waals surface area contributed by atoms with E-state index in [1.807, 2.05) is 46.0 Å². The first-order valence-corrected chi connectivity index (χ1v) is 6.99. The molecule has 1 atom stereocenters. The van der Waals surface area contributed by atoms with Crippen LogP contribution in [0.25, 0.3) is 0 Å². The number of ether oxygens (including phenoxy) is 1. The lowest BCUT2D eigenvalue weighted by Gasteiger charge is -2.14. The Morgan fingerprint density at radius 3 is 2.65 bits per heavy atom. The maximum absolute atomic E-state index is 6.27. The highest BCUT2D eigenvalue weighted by Crippen LogP contribution is 2.34. The molecule has 0 saturated heterocycles. The van der Waals surface area contributed by atoms with Crippen LogP contribution in [-0.4, -0.2) is 15.8 Å². The van der Waals surface area contributed by atoms with E-state index in [-0.39, 0.29) is 6.04 Å². The average molecular weight is 294 g/mol. The van der Waals surface area contributed by atoms with Crippen molar-refractivity contribution in [1.82, 2.24) is 9.78 Å². The van der Waals surface area contributed by atoms with Crippen LogP contribution in [0.1, 0.15) is 23.9 Å². The fourth-order valence-electron chi connectivity index (χ4n) is 2.17. The van der Waals surface area contributed by atoms with Crippen molar-refractivity contribution in [1.29, 1.82) is 0 Å². The summed E-state index contributed by atoms with van der Waals surface area (Å²) in [5.41, 5.74) is 8.66. The highest BCUT2D eigenvalue weighted by atomic mass is 35.5. The van der Waals surface area contributed by atoms with Gasteiger partial charge in [-0.2, -0.15) is 5.10 Å². The molecule has 2 rings (SSSR count). The SMILES string of the molecule is Cc1nn(C)c(C)c1Oc1cccc(Cl)c1CC(C)N. The van der Waals surface area contributed by atoms with Crippen molar-refractivity contribution >= 4 is 11.6 Å². The molecule has 0 saturated carbocycles. The van der Waals surface area contributed by atoms with Crippen molar-refractivity contribution in [2.75, 3.05) is 0 Å². The molecule has 0 aliphatic carbocycles. The first-order chi connectivity index (χ1) is 9.40. The van der Waals surface area contributed by atoms with E-state index in [9.17, 15) is 0 Å². The molecule has 2 N–H and O–H groups in total. The van der Waals surface area contributed by atoms with Gasteiger partial charge in [-0.15, -0.1) is 0 Å². The predicted molar refractivity (Wildman–Crippen MR) is 81.6 cm³/mol. The Morgan fingerprint density at radius 1 is 1.40 bits per heavy atom. The molecule has 0 bridgehead atoms. The summed E-state index contributed by atoms with van der Waals surface area (Å²) < 4.78 is 7.86. The van der Waals surface area contributed by atoms with Crippen LogP contribution in [0.5, 0.6) is 11.5 Å². The fourth-order valence-corrected chi connectivity index (χ4v) is 2.41. The van der Waals surface area contributed by atoms with Gasteiger partial charge in [0.25, 0.3) is 0 Å². The monoisotopic (exact) mass is 293 g/mol. The summed E-state index contributed by atoms with van der Waals surface area (Å²) in [5.74, 6) is 1.52. The van der Waals surface area contributed by atoms with Crippen molar-refractivity contribution in [3.63, 3.8) is 0 Å². The number of hydrogen-bond acceptors (Lipinski definition) is 3. The van der Waals surface area contributed by atoms with E-state index in [0.717, 1.165) is 28.5 Å². The van der Waals surface area contributed by atoms with Crippen molar-refractivity contribution in [2.24, 2.45) is 12.8 Å². The summed E-state index contributed by atoms with van der Waals surface area (Å²) in [6, 6.07) is 5.67. The van der Waals surface area contributed by atoms with E-state index in [1.54, 1.807) is 4.68 Å². The Bertz CT molecular complexity index is 620. The van der Waals surface area contributed by atoms with Gasteiger partial charge in [0.2, 0.25) is 0 Å². The van der Waals surface area contributed by atoms with Crippen LogP contribution in [0.2, 0.25) is 5.02 Å². The van der Waals surface area contributed by atoms with Gasteiger partial charge in [0.15, 0.2) is 5.75 Å². The van der Waals surface area contributed by atoms with Gasteiger partial charge in [-0.05, 0) is 39.3 Å². The Kier molecular flexibility index (Phi) is 4.35. The molecule has 0 spiro atoms. The van der Waals surface area contributed by atoms with E-state index in [0.29, 0.717) is 11.4 Å². The molecule has 108 valence electrons. The van der Waals surface area contributed by atoms with Crippen LogP contribution >= 0.6 is 11.6 Å². The van der Waals surface area contributed by atoms with Crippen LogP contribution in [0, 0.1) is 13.8 Å². The maximum atomic E-state index is 6.27. The second-order valence-corrected chi connectivity index (χ2v) is 5.53. The molecule has 0 fully saturated rings. The summed E-state index contributed by atoms with van der Waals surface area (Å²) in [5, 5.41) is 5.03. The molecule has 0 aliphatic heterocycles. The highest BCUT2D eigenvalue weighted by Gasteiger charge is 2.16. The summed E-state index contributed by atoms with van der Waals surface area (Å²) in [6.45, 7) is 5.86.